The van der Waals surface area contributed by atoms with Gasteiger partial charge in [-0.3, -0.25) is 0 Å². The van der Waals surface area contributed by atoms with E-state index in [1.54, 1.807) is 6.07 Å². The first-order chi connectivity index (χ1) is 6.75. The summed E-state index contributed by atoms with van der Waals surface area (Å²) < 4.78 is 0. The third-order valence-electron chi connectivity index (χ3n) is 2.31. The van der Waals surface area contributed by atoms with Crippen molar-refractivity contribution in [1.82, 2.24) is 10.2 Å². The second-order valence-corrected chi connectivity index (χ2v) is 4.40. The minimum atomic E-state index is 0.223. The fourth-order valence-corrected chi connectivity index (χ4v) is 2.03. The lowest BCUT2D eigenvalue weighted by molar-refractivity contribution is 0.577. The number of rotatable bonds is 1. The first kappa shape index (κ1) is 9.99. The third-order valence-corrected chi connectivity index (χ3v) is 2.86. The Kier molecular flexibility index (Phi) is 3.08. The van der Waals surface area contributed by atoms with Crippen molar-refractivity contribution in [3.05, 3.63) is 17.3 Å². The van der Waals surface area contributed by atoms with Crippen LogP contribution in [0, 0.1) is 0 Å². The number of nitrogens with zero attached hydrogens (tertiary/aromatic N) is 3. The Morgan fingerprint density at radius 2 is 2.21 bits per heavy atom. The van der Waals surface area contributed by atoms with Crippen LogP contribution in [0.5, 0.6) is 0 Å². The predicted octanol–water partition coefficient (Wildman–Crippen LogP) is 2.34. The van der Waals surface area contributed by atoms with E-state index in [2.05, 4.69) is 15.1 Å². The van der Waals surface area contributed by atoms with E-state index in [1.807, 2.05) is 6.07 Å². The zero-order valence-electron chi connectivity index (χ0n) is 7.66. The van der Waals surface area contributed by atoms with E-state index < -0.39 is 0 Å². The highest BCUT2D eigenvalue weighted by molar-refractivity contribution is 6.29. The van der Waals surface area contributed by atoms with Gasteiger partial charge in [-0.25, -0.2) is 0 Å². The molecule has 0 saturated carbocycles. The van der Waals surface area contributed by atoms with Crippen molar-refractivity contribution in [2.45, 2.75) is 18.2 Å². The molecule has 0 bridgehead atoms. The zero-order chi connectivity index (χ0) is 9.97. The maximum Gasteiger partial charge on any atom is 0.151 e. The summed E-state index contributed by atoms with van der Waals surface area (Å²) >= 11 is 11.7. The first-order valence-electron chi connectivity index (χ1n) is 4.64. The van der Waals surface area contributed by atoms with Crippen molar-refractivity contribution in [2.75, 3.05) is 18.0 Å². The molecule has 1 aliphatic heterocycles. The Morgan fingerprint density at radius 1 is 1.36 bits per heavy atom. The van der Waals surface area contributed by atoms with Crippen molar-refractivity contribution in [3.63, 3.8) is 0 Å². The monoisotopic (exact) mass is 231 g/mol. The van der Waals surface area contributed by atoms with Gasteiger partial charge in [0.05, 0.1) is 5.38 Å². The lowest BCUT2D eigenvalue weighted by atomic mass is 10.1. The molecule has 0 spiro atoms. The zero-order valence-corrected chi connectivity index (χ0v) is 9.17. The van der Waals surface area contributed by atoms with Gasteiger partial charge in [0.1, 0.15) is 0 Å². The predicted molar refractivity (Wildman–Crippen MR) is 58.1 cm³/mol. The number of aromatic nitrogens is 2. The molecule has 0 amide bonds. The molecule has 2 heterocycles. The largest absolute Gasteiger partial charge is 0.354 e. The van der Waals surface area contributed by atoms with Crippen LogP contribution in [0.15, 0.2) is 12.1 Å². The molecule has 0 N–H and O–H groups in total. The molecule has 0 radical (unpaired) electrons. The van der Waals surface area contributed by atoms with Crippen LogP contribution in [0.2, 0.25) is 5.15 Å². The summed E-state index contributed by atoms with van der Waals surface area (Å²) in [4.78, 5) is 2.14. The second kappa shape index (κ2) is 4.32. The lowest BCUT2D eigenvalue weighted by Gasteiger charge is -2.30. The maximum atomic E-state index is 6.08. The summed E-state index contributed by atoms with van der Waals surface area (Å²) in [6.07, 6.45) is 2.19. The van der Waals surface area contributed by atoms with E-state index >= 15 is 0 Å². The second-order valence-electron chi connectivity index (χ2n) is 3.40. The molecule has 1 fully saturated rings. The first-order valence-corrected chi connectivity index (χ1v) is 5.45. The number of hydrogen-bond acceptors (Lipinski definition) is 3. The average Bonchev–Trinajstić information content (AvgIpc) is 2.19. The molecular formula is C9H11Cl2N3. The van der Waals surface area contributed by atoms with E-state index in [9.17, 15) is 0 Å². The number of alkyl halides is 1. The van der Waals surface area contributed by atoms with Gasteiger partial charge in [-0.2, -0.15) is 0 Å². The van der Waals surface area contributed by atoms with Crippen LogP contribution in [0.25, 0.3) is 0 Å². The quantitative estimate of drug-likeness (QED) is 0.696. The summed E-state index contributed by atoms with van der Waals surface area (Å²) in [5, 5.41) is 8.48. The molecule has 14 heavy (non-hydrogen) atoms. The summed E-state index contributed by atoms with van der Waals surface area (Å²) in [7, 11) is 0. The van der Waals surface area contributed by atoms with Crippen LogP contribution in [0.3, 0.4) is 0 Å². The minimum Gasteiger partial charge on any atom is -0.354 e. The number of piperidine rings is 1. The van der Waals surface area contributed by atoms with Crippen molar-refractivity contribution < 1.29 is 0 Å². The smallest absolute Gasteiger partial charge is 0.151 e. The van der Waals surface area contributed by atoms with E-state index in [-0.39, 0.29) is 5.38 Å². The van der Waals surface area contributed by atoms with Gasteiger partial charge in [0.2, 0.25) is 0 Å². The lowest BCUT2D eigenvalue weighted by Crippen LogP contribution is -2.36. The molecular weight excluding hydrogens is 221 g/mol. The molecule has 1 saturated heterocycles. The summed E-state index contributed by atoms with van der Waals surface area (Å²) in [6, 6.07) is 3.63. The number of anilines is 1. The molecule has 76 valence electrons. The molecule has 3 nitrogen and oxygen atoms in total. The summed E-state index contributed by atoms with van der Waals surface area (Å²) in [5.41, 5.74) is 0. The number of hydrogen-bond donors (Lipinski definition) is 0. The van der Waals surface area contributed by atoms with E-state index in [0.29, 0.717) is 5.15 Å². The highest BCUT2D eigenvalue weighted by Gasteiger charge is 2.18. The molecule has 5 heteroatoms. The Labute approximate surface area is 93.0 Å². The van der Waals surface area contributed by atoms with Crippen molar-refractivity contribution >= 4 is 29.0 Å². The molecule has 2 rings (SSSR count). The standard InChI is InChI=1S/C9H11Cl2N3/c10-7-2-1-5-14(6-7)9-4-3-8(11)12-13-9/h3-4,7H,1-2,5-6H2/t7-/m1/s1. The van der Waals surface area contributed by atoms with Gasteiger partial charge in [0, 0.05) is 13.1 Å². The van der Waals surface area contributed by atoms with Gasteiger partial charge in [-0.15, -0.1) is 21.8 Å². The van der Waals surface area contributed by atoms with Gasteiger partial charge in [0.15, 0.2) is 11.0 Å². The van der Waals surface area contributed by atoms with Crippen molar-refractivity contribution in [1.29, 1.82) is 0 Å². The topological polar surface area (TPSA) is 29.0 Å². The summed E-state index contributed by atoms with van der Waals surface area (Å²) in [5.74, 6) is 0.861. The molecule has 1 atom stereocenters. The fraction of sp³-hybridized carbons (Fsp3) is 0.556. The maximum absolute atomic E-state index is 6.08. The SMILES string of the molecule is Clc1ccc(N2CCC[C@@H](Cl)C2)nn1. The normalized spacial score (nSPS) is 22.4. The molecule has 0 aromatic carbocycles. The molecule has 0 unspecified atom stereocenters. The van der Waals surface area contributed by atoms with Crippen molar-refractivity contribution in [2.24, 2.45) is 0 Å². The van der Waals surface area contributed by atoms with Gasteiger partial charge in [0.25, 0.3) is 0 Å². The van der Waals surface area contributed by atoms with Crippen LogP contribution < -0.4 is 4.90 Å². The Bertz CT molecular complexity index is 301. The molecule has 0 aliphatic carbocycles. The third kappa shape index (κ3) is 2.28. The Morgan fingerprint density at radius 3 is 2.86 bits per heavy atom. The average molecular weight is 232 g/mol. The Balaban J connectivity index is 2.10. The molecule has 1 aromatic rings. The highest BCUT2D eigenvalue weighted by atomic mass is 35.5. The van der Waals surface area contributed by atoms with Gasteiger partial charge in [-0.1, -0.05) is 11.6 Å². The van der Waals surface area contributed by atoms with E-state index in [4.69, 9.17) is 23.2 Å². The van der Waals surface area contributed by atoms with E-state index in [1.165, 1.54) is 0 Å². The van der Waals surface area contributed by atoms with Crippen LogP contribution in [-0.4, -0.2) is 28.7 Å². The van der Waals surface area contributed by atoms with Crippen LogP contribution in [-0.2, 0) is 0 Å². The number of halogens is 2. The van der Waals surface area contributed by atoms with Crippen molar-refractivity contribution in [3.8, 4) is 0 Å². The highest BCUT2D eigenvalue weighted by Crippen LogP contribution is 2.20. The summed E-state index contributed by atoms with van der Waals surface area (Å²) in [6.45, 7) is 1.84. The van der Waals surface area contributed by atoms with Gasteiger partial charge >= 0.3 is 0 Å². The fourth-order valence-electron chi connectivity index (χ4n) is 1.61. The van der Waals surface area contributed by atoms with Crippen LogP contribution >= 0.6 is 23.2 Å². The van der Waals surface area contributed by atoms with Gasteiger partial charge in [-0.05, 0) is 25.0 Å². The minimum absolute atomic E-state index is 0.223. The van der Waals surface area contributed by atoms with Crippen LogP contribution in [0.4, 0.5) is 5.82 Å². The van der Waals surface area contributed by atoms with Crippen LogP contribution in [0.1, 0.15) is 12.8 Å². The molecule has 1 aliphatic rings. The Hall–Kier alpha value is -0.540. The van der Waals surface area contributed by atoms with Gasteiger partial charge < -0.3 is 4.90 Å². The molecule has 1 aromatic heterocycles. The van der Waals surface area contributed by atoms with E-state index in [0.717, 1.165) is 31.7 Å².